The van der Waals surface area contributed by atoms with Gasteiger partial charge in [-0.05, 0) is 18.8 Å². The fourth-order valence-electron chi connectivity index (χ4n) is 2.77. The molecule has 0 aromatic carbocycles. The number of hydrogen-bond acceptors (Lipinski definition) is 4. The minimum Gasteiger partial charge on any atom is -0.381 e. The molecule has 1 unspecified atom stereocenters. The Balaban J connectivity index is 1.46. The van der Waals surface area contributed by atoms with Crippen LogP contribution in [-0.4, -0.2) is 47.5 Å². The van der Waals surface area contributed by atoms with Gasteiger partial charge in [0.25, 0.3) is 0 Å². The predicted octanol–water partition coefficient (Wildman–Crippen LogP) is 1.04. The predicted molar refractivity (Wildman–Crippen MR) is 66.0 cm³/mol. The zero-order chi connectivity index (χ0) is 12.4. The number of nitrogens with zero attached hydrogens (tertiary/aromatic N) is 4. The quantitative estimate of drug-likeness (QED) is 0.799. The van der Waals surface area contributed by atoms with Crippen molar-refractivity contribution in [3.63, 3.8) is 0 Å². The van der Waals surface area contributed by atoms with E-state index in [1.165, 1.54) is 12.8 Å². The van der Waals surface area contributed by atoms with Gasteiger partial charge in [0.1, 0.15) is 6.07 Å². The van der Waals surface area contributed by atoms with E-state index in [0.717, 1.165) is 32.8 Å². The van der Waals surface area contributed by atoms with E-state index in [1.54, 1.807) is 6.20 Å². The van der Waals surface area contributed by atoms with Crippen molar-refractivity contribution < 1.29 is 4.74 Å². The molecule has 96 valence electrons. The van der Waals surface area contributed by atoms with Gasteiger partial charge in [0.05, 0.1) is 24.4 Å². The highest BCUT2D eigenvalue weighted by molar-refractivity contribution is 5.22. The van der Waals surface area contributed by atoms with E-state index in [2.05, 4.69) is 16.1 Å². The van der Waals surface area contributed by atoms with Crippen LogP contribution >= 0.6 is 0 Å². The van der Waals surface area contributed by atoms with Gasteiger partial charge < -0.3 is 4.74 Å². The molecule has 2 aliphatic heterocycles. The summed E-state index contributed by atoms with van der Waals surface area (Å²) in [4.78, 5) is 2.46. The second-order valence-electron chi connectivity index (χ2n) is 5.28. The van der Waals surface area contributed by atoms with Crippen LogP contribution in [0.4, 0.5) is 0 Å². The van der Waals surface area contributed by atoms with Crippen LogP contribution in [0.25, 0.3) is 0 Å². The van der Waals surface area contributed by atoms with Gasteiger partial charge in [-0.15, -0.1) is 0 Å². The summed E-state index contributed by atoms with van der Waals surface area (Å²) in [5.41, 5.74) is 0.647. The third-order valence-electron chi connectivity index (χ3n) is 3.81. The van der Waals surface area contributed by atoms with E-state index in [9.17, 15) is 0 Å². The summed E-state index contributed by atoms with van der Waals surface area (Å²) in [5.74, 6) is 0.701. The highest BCUT2D eigenvalue weighted by Crippen LogP contribution is 2.24. The molecule has 0 aliphatic carbocycles. The first-order valence-corrected chi connectivity index (χ1v) is 6.59. The van der Waals surface area contributed by atoms with Crippen LogP contribution in [-0.2, 0) is 4.74 Å². The van der Waals surface area contributed by atoms with Gasteiger partial charge in [-0.3, -0.25) is 9.58 Å². The third-order valence-corrected chi connectivity index (χ3v) is 3.81. The molecule has 0 radical (unpaired) electrons. The molecule has 3 heterocycles. The second kappa shape index (κ2) is 5.09. The molecular formula is C13H18N4O. The Kier molecular flexibility index (Phi) is 3.31. The minimum absolute atomic E-state index is 0.441. The zero-order valence-electron chi connectivity index (χ0n) is 10.5. The molecule has 2 fully saturated rings. The number of aromatic nitrogens is 2. The third kappa shape index (κ3) is 2.40. The van der Waals surface area contributed by atoms with Crippen LogP contribution in [0.2, 0.25) is 0 Å². The number of ether oxygens (including phenoxy) is 1. The average molecular weight is 246 g/mol. The fourth-order valence-corrected chi connectivity index (χ4v) is 2.77. The Labute approximate surface area is 107 Å². The van der Waals surface area contributed by atoms with Crippen molar-refractivity contribution >= 4 is 0 Å². The van der Waals surface area contributed by atoms with E-state index in [1.807, 2.05) is 10.9 Å². The first-order valence-electron chi connectivity index (χ1n) is 6.59. The van der Waals surface area contributed by atoms with Crippen LogP contribution < -0.4 is 0 Å². The number of likely N-dealkylation sites (tertiary alicyclic amines) is 1. The number of hydrogen-bond donors (Lipinski definition) is 0. The monoisotopic (exact) mass is 246 g/mol. The van der Waals surface area contributed by atoms with Crippen molar-refractivity contribution in [2.45, 2.75) is 18.9 Å². The molecule has 0 amide bonds. The molecule has 0 N–H and O–H groups in total. The van der Waals surface area contributed by atoms with Crippen LogP contribution in [0.1, 0.15) is 24.4 Å². The molecule has 0 saturated carbocycles. The van der Waals surface area contributed by atoms with Gasteiger partial charge in [0.2, 0.25) is 0 Å². The molecule has 0 bridgehead atoms. The molecule has 0 spiro atoms. The maximum atomic E-state index is 8.76. The van der Waals surface area contributed by atoms with Crippen LogP contribution in [0, 0.1) is 17.2 Å². The molecule has 3 rings (SSSR count). The standard InChI is InChI=1S/C13H18N4O/c14-4-12-5-15-17(7-12)13-8-16(9-13)6-11-2-1-3-18-10-11/h5,7,11,13H,1-3,6,8-10H2. The summed E-state index contributed by atoms with van der Waals surface area (Å²) < 4.78 is 7.42. The highest BCUT2D eigenvalue weighted by atomic mass is 16.5. The summed E-state index contributed by atoms with van der Waals surface area (Å²) in [6, 6.07) is 2.56. The van der Waals surface area contributed by atoms with Gasteiger partial charge >= 0.3 is 0 Å². The van der Waals surface area contributed by atoms with Crippen molar-refractivity contribution in [1.82, 2.24) is 14.7 Å². The lowest BCUT2D eigenvalue weighted by atomic mass is 9.99. The number of nitriles is 1. The maximum Gasteiger partial charge on any atom is 0.102 e. The molecule has 18 heavy (non-hydrogen) atoms. The maximum absolute atomic E-state index is 8.76. The van der Waals surface area contributed by atoms with E-state index in [4.69, 9.17) is 10.00 Å². The van der Waals surface area contributed by atoms with Crippen molar-refractivity contribution in [2.75, 3.05) is 32.8 Å². The first kappa shape index (κ1) is 11.7. The van der Waals surface area contributed by atoms with Gasteiger partial charge in [-0.2, -0.15) is 10.4 Å². The van der Waals surface area contributed by atoms with Gasteiger partial charge in [-0.25, -0.2) is 0 Å². The molecule has 5 nitrogen and oxygen atoms in total. The minimum atomic E-state index is 0.441. The molecule has 5 heteroatoms. The van der Waals surface area contributed by atoms with Gasteiger partial charge in [0, 0.05) is 32.4 Å². The summed E-state index contributed by atoms with van der Waals surface area (Å²) in [5, 5.41) is 13.0. The SMILES string of the molecule is N#Cc1cnn(C2CN(CC3CCCOC3)C2)c1. The van der Waals surface area contributed by atoms with Crippen molar-refractivity contribution in [2.24, 2.45) is 5.92 Å². The molecule has 2 aliphatic rings. The van der Waals surface area contributed by atoms with Crippen molar-refractivity contribution in [1.29, 1.82) is 5.26 Å². The Morgan fingerprint density at radius 3 is 3.06 bits per heavy atom. The van der Waals surface area contributed by atoms with E-state index in [0.29, 0.717) is 17.5 Å². The zero-order valence-corrected chi connectivity index (χ0v) is 10.5. The fraction of sp³-hybridized carbons (Fsp3) is 0.692. The topological polar surface area (TPSA) is 54.1 Å². The molecule has 1 atom stereocenters. The van der Waals surface area contributed by atoms with Crippen LogP contribution in [0.15, 0.2) is 12.4 Å². The summed E-state index contributed by atoms with van der Waals surface area (Å²) in [6.45, 7) is 5.08. The second-order valence-corrected chi connectivity index (χ2v) is 5.28. The summed E-state index contributed by atoms with van der Waals surface area (Å²) >= 11 is 0. The Bertz CT molecular complexity index is 438. The lowest BCUT2D eigenvalue weighted by Gasteiger charge is -2.41. The smallest absolute Gasteiger partial charge is 0.102 e. The summed E-state index contributed by atoms with van der Waals surface area (Å²) in [7, 11) is 0. The molecule has 1 aromatic rings. The van der Waals surface area contributed by atoms with Crippen molar-refractivity contribution in [3.8, 4) is 6.07 Å². The first-order chi connectivity index (χ1) is 8.85. The normalized spacial score (nSPS) is 25.6. The lowest BCUT2D eigenvalue weighted by molar-refractivity contribution is 0.0126. The van der Waals surface area contributed by atoms with E-state index < -0.39 is 0 Å². The number of rotatable bonds is 3. The molecular weight excluding hydrogens is 228 g/mol. The highest BCUT2D eigenvalue weighted by Gasteiger charge is 2.30. The molecule has 1 aromatic heterocycles. The largest absolute Gasteiger partial charge is 0.381 e. The van der Waals surface area contributed by atoms with Gasteiger partial charge in [0.15, 0.2) is 0 Å². The van der Waals surface area contributed by atoms with Crippen LogP contribution in [0.3, 0.4) is 0 Å². The van der Waals surface area contributed by atoms with Crippen LogP contribution in [0.5, 0.6) is 0 Å². The molecule has 2 saturated heterocycles. The Morgan fingerprint density at radius 1 is 1.50 bits per heavy atom. The Morgan fingerprint density at radius 2 is 2.39 bits per heavy atom. The van der Waals surface area contributed by atoms with Gasteiger partial charge in [-0.1, -0.05) is 0 Å². The lowest BCUT2D eigenvalue weighted by Crippen LogP contribution is -2.50. The average Bonchev–Trinajstić information content (AvgIpc) is 2.83. The summed E-state index contributed by atoms with van der Waals surface area (Å²) in [6.07, 6.45) is 5.97. The van der Waals surface area contributed by atoms with E-state index in [-0.39, 0.29) is 0 Å². The van der Waals surface area contributed by atoms with E-state index >= 15 is 0 Å². The van der Waals surface area contributed by atoms with Crippen molar-refractivity contribution in [3.05, 3.63) is 18.0 Å². The Hall–Kier alpha value is -1.38.